The first-order chi connectivity index (χ1) is 14.1. The Hall–Kier alpha value is -2.03. The van der Waals surface area contributed by atoms with Crippen molar-refractivity contribution >= 4 is 33.4 Å². The van der Waals surface area contributed by atoms with Crippen molar-refractivity contribution in [3.63, 3.8) is 0 Å². The molecule has 156 valence electrons. The second-order valence-corrected chi connectivity index (χ2v) is 9.08. The number of para-hydroxylation sites is 1. The van der Waals surface area contributed by atoms with E-state index in [0.717, 1.165) is 67.3 Å². The van der Waals surface area contributed by atoms with Gasteiger partial charge in [-0.2, -0.15) is 0 Å². The van der Waals surface area contributed by atoms with Crippen LogP contribution in [0, 0.1) is 0 Å². The van der Waals surface area contributed by atoms with E-state index in [1.165, 1.54) is 0 Å². The smallest absolute Gasteiger partial charge is 0.236 e. The monoisotopic (exact) mass is 415 g/mol. The van der Waals surface area contributed by atoms with Crippen LogP contribution in [0.1, 0.15) is 17.8 Å². The number of rotatable bonds is 6. The van der Waals surface area contributed by atoms with Gasteiger partial charge in [0, 0.05) is 46.3 Å². The van der Waals surface area contributed by atoms with Crippen LogP contribution in [0.4, 0.5) is 0 Å². The zero-order chi connectivity index (χ0) is 20.2. The number of carbonyl (C=O) groups excluding carboxylic acids is 2. The molecule has 7 nitrogen and oxygen atoms in total. The number of amides is 2. The highest BCUT2D eigenvalue weighted by Crippen LogP contribution is 2.22. The fourth-order valence-corrected chi connectivity index (χ4v) is 4.97. The molecular formula is C21H29N5O2S. The molecule has 2 aliphatic heterocycles. The Morgan fingerprint density at radius 1 is 1.00 bits per heavy atom. The maximum Gasteiger partial charge on any atom is 0.236 e. The second-order valence-electron chi connectivity index (χ2n) is 7.97. The number of piperazine rings is 1. The Morgan fingerprint density at radius 2 is 1.66 bits per heavy atom. The lowest BCUT2D eigenvalue weighted by Gasteiger charge is -2.35. The molecule has 0 bridgehead atoms. The van der Waals surface area contributed by atoms with E-state index in [-0.39, 0.29) is 11.8 Å². The van der Waals surface area contributed by atoms with Crippen LogP contribution in [0.3, 0.4) is 0 Å². The van der Waals surface area contributed by atoms with Crippen LogP contribution in [0.2, 0.25) is 0 Å². The van der Waals surface area contributed by atoms with Gasteiger partial charge in [0.2, 0.25) is 11.8 Å². The van der Waals surface area contributed by atoms with Crippen molar-refractivity contribution in [3.05, 3.63) is 29.3 Å². The zero-order valence-corrected chi connectivity index (χ0v) is 17.9. The molecule has 0 saturated carbocycles. The van der Waals surface area contributed by atoms with Crippen molar-refractivity contribution in [1.29, 1.82) is 0 Å². The van der Waals surface area contributed by atoms with Crippen LogP contribution in [0.5, 0.6) is 0 Å². The maximum atomic E-state index is 12.7. The highest BCUT2D eigenvalue weighted by Gasteiger charge is 2.25. The van der Waals surface area contributed by atoms with Crippen LogP contribution < -0.4 is 0 Å². The molecule has 2 aliphatic rings. The van der Waals surface area contributed by atoms with Crippen LogP contribution >= 0.6 is 11.3 Å². The van der Waals surface area contributed by atoms with Crippen molar-refractivity contribution in [2.75, 3.05) is 59.4 Å². The van der Waals surface area contributed by atoms with Gasteiger partial charge < -0.3 is 9.80 Å². The van der Waals surface area contributed by atoms with Crippen LogP contribution in [-0.2, 0) is 16.1 Å². The summed E-state index contributed by atoms with van der Waals surface area (Å²) in [4.78, 5) is 37.7. The van der Waals surface area contributed by atoms with E-state index >= 15 is 0 Å². The minimum atomic E-state index is 0.117. The predicted molar refractivity (Wildman–Crippen MR) is 115 cm³/mol. The normalized spacial score (nSPS) is 18.4. The Labute approximate surface area is 175 Å². The Bertz CT molecular complexity index is 823. The van der Waals surface area contributed by atoms with E-state index in [0.29, 0.717) is 19.6 Å². The van der Waals surface area contributed by atoms with Gasteiger partial charge in [0.25, 0.3) is 0 Å². The number of fused-ring (bicyclic) bond motifs is 1. The first kappa shape index (κ1) is 20.3. The SMILES string of the molecule is CN(Cc1nc2ccccc2s1)C(=O)CN1CCN(CC(=O)N2CCCC2)CC1. The maximum absolute atomic E-state index is 12.7. The first-order valence-corrected chi connectivity index (χ1v) is 11.2. The number of aromatic nitrogens is 1. The number of nitrogens with zero attached hydrogens (tertiary/aromatic N) is 5. The summed E-state index contributed by atoms with van der Waals surface area (Å²) in [5.41, 5.74) is 0.993. The van der Waals surface area contributed by atoms with Gasteiger partial charge in [0.15, 0.2) is 0 Å². The first-order valence-electron chi connectivity index (χ1n) is 10.4. The number of likely N-dealkylation sites (N-methyl/N-ethyl adjacent to an activating group) is 1. The number of thiazole rings is 1. The number of likely N-dealkylation sites (tertiary alicyclic amines) is 1. The molecule has 0 spiro atoms. The fraction of sp³-hybridized carbons (Fsp3) is 0.571. The highest BCUT2D eigenvalue weighted by molar-refractivity contribution is 7.18. The minimum absolute atomic E-state index is 0.117. The Balaban J connectivity index is 1.21. The van der Waals surface area contributed by atoms with E-state index in [4.69, 9.17) is 0 Å². The van der Waals surface area contributed by atoms with E-state index < -0.39 is 0 Å². The molecule has 2 aromatic rings. The molecule has 2 saturated heterocycles. The third-order valence-electron chi connectivity index (χ3n) is 5.78. The Kier molecular flexibility index (Phi) is 6.42. The van der Waals surface area contributed by atoms with Crippen molar-refractivity contribution in [3.8, 4) is 0 Å². The summed E-state index contributed by atoms with van der Waals surface area (Å²) in [5.74, 6) is 0.369. The van der Waals surface area contributed by atoms with Gasteiger partial charge in [-0.3, -0.25) is 19.4 Å². The van der Waals surface area contributed by atoms with Crippen molar-refractivity contribution in [2.45, 2.75) is 19.4 Å². The molecule has 29 heavy (non-hydrogen) atoms. The molecule has 0 unspecified atom stereocenters. The molecule has 3 heterocycles. The standard InChI is InChI=1S/C21H29N5O2S/c1-23(14-19-22-17-6-2-3-7-18(17)29-19)20(27)15-24-10-12-25(13-11-24)16-21(28)26-8-4-5-9-26/h2-3,6-7H,4-5,8-16H2,1H3. The molecule has 2 amide bonds. The van der Waals surface area contributed by atoms with Crippen molar-refractivity contribution < 1.29 is 9.59 Å². The summed E-state index contributed by atoms with van der Waals surface area (Å²) in [5, 5.41) is 0.965. The van der Waals surface area contributed by atoms with Crippen molar-refractivity contribution in [1.82, 2.24) is 24.6 Å². The average molecular weight is 416 g/mol. The van der Waals surface area contributed by atoms with Gasteiger partial charge in [-0.05, 0) is 25.0 Å². The summed E-state index contributed by atoms with van der Waals surface area (Å²) in [6.07, 6.45) is 2.26. The number of hydrogen-bond donors (Lipinski definition) is 0. The molecule has 0 atom stereocenters. The van der Waals surface area contributed by atoms with E-state index in [9.17, 15) is 9.59 Å². The minimum Gasteiger partial charge on any atom is -0.342 e. The third-order valence-corrected chi connectivity index (χ3v) is 6.80. The summed E-state index contributed by atoms with van der Waals surface area (Å²) in [7, 11) is 1.85. The fourth-order valence-electron chi connectivity index (χ4n) is 3.95. The van der Waals surface area contributed by atoms with Crippen LogP contribution in [0.25, 0.3) is 10.2 Å². The molecule has 2 fully saturated rings. The van der Waals surface area contributed by atoms with E-state index in [1.54, 1.807) is 16.2 Å². The zero-order valence-electron chi connectivity index (χ0n) is 17.0. The van der Waals surface area contributed by atoms with Gasteiger partial charge in [0.1, 0.15) is 5.01 Å². The predicted octanol–water partition coefficient (Wildman–Crippen LogP) is 1.49. The molecule has 4 rings (SSSR count). The van der Waals surface area contributed by atoms with E-state index in [2.05, 4.69) is 20.9 Å². The lowest BCUT2D eigenvalue weighted by Crippen LogP contribution is -2.51. The molecule has 0 N–H and O–H groups in total. The summed E-state index contributed by atoms with van der Waals surface area (Å²) >= 11 is 1.64. The van der Waals surface area contributed by atoms with Crippen molar-refractivity contribution in [2.24, 2.45) is 0 Å². The third kappa shape index (κ3) is 5.12. The molecule has 1 aromatic heterocycles. The number of carbonyl (C=O) groups is 2. The van der Waals surface area contributed by atoms with E-state index in [1.807, 2.05) is 30.1 Å². The lowest BCUT2D eigenvalue weighted by molar-refractivity contribution is -0.134. The number of benzene rings is 1. The molecule has 0 aliphatic carbocycles. The highest BCUT2D eigenvalue weighted by atomic mass is 32.1. The molecule has 8 heteroatoms. The Morgan fingerprint density at radius 3 is 2.34 bits per heavy atom. The second kappa shape index (κ2) is 9.19. The van der Waals surface area contributed by atoms with Gasteiger partial charge >= 0.3 is 0 Å². The summed E-state index contributed by atoms with van der Waals surface area (Å²) in [6.45, 7) is 6.64. The lowest BCUT2D eigenvalue weighted by atomic mass is 10.3. The molecule has 1 aromatic carbocycles. The summed E-state index contributed by atoms with van der Waals surface area (Å²) < 4.78 is 1.16. The van der Waals surface area contributed by atoms with Gasteiger partial charge in [-0.1, -0.05) is 12.1 Å². The largest absolute Gasteiger partial charge is 0.342 e. The van der Waals surface area contributed by atoms with Gasteiger partial charge in [-0.25, -0.2) is 4.98 Å². The van der Waals surface area contributed by atoms with Crippen LogP contribution in [-0.4, -0.2) is 95.8 Å². The van der Waals surface area contributed by atoms with Gasteiger partial charge in [0.05, 0.1) is 29.9 Å². The molecular weight excluding hydrogens is 386 g/mol. The average Bonchev–Trinajstić information content (AvgIpc) is 3.38. The summed E-state index contributed by atoms with van der Waals surface area (Å²) in [6, 6.07) is 8.06. The molecule has 0 radical (unpaired) electrons. The quantitative estimate of drug-likeness (QED) is 0.716. The van der Waals surface area contributed by atoms with Gasteiger partial charge in [-0.15, -0.1) is 11.3 Å². The van der Waals surface area contributed by atoms with Crippen LogP contribution in [0.15, 0.2) is 24.3 Å². The number of hydrogen-bond acceptors (Lipinski definition) is 6. The topological polar surface area (TPSA) is 60.0 Å².